The van der Waals surface area contributed by atoms with Crippen LogP contribution in [0.1, 0.15) is 87.0 Å². The van der Waals surface area contributed by atoms with Crippen molar-refractivity contribution in [2.45, 2.75) is 172 Å². The lowest BCUT2D eigenvalue weighted by Crippen LogP contribution is -2.66. The van der Waals surface area contributed by atoms with Crippen LogP contribution in [0.25, 0.3) is 0 Å². The summed E-state index contributed by atoms with van der Waals surface area (Å²) in [6.07, 6.45) is -3.92. The highest BCUT2D eigenvalue weighted by molar-refractivity contribution is 5.70. The van der Waals surface area contributed by atoms with Crippen LogP contribution >= 0.6 is 0 Å². The second-order valence-electron chi connectivity index (χ2n) is 16.4. The predicted molar refractivity (Wildman–Crippen MR) is 200 cm³/mol. The lowest BCUT2D eigenvalue weighted by Gasteiger charge is -2.50. The fourth-order valence-corrected chi connectivity index (χ4v) is 7.78. The van der Waals surface area contributed by atoms with Crippen LogP contribution in [0.5, 0.6) is 0 Å². The quantitative estimate of drug-likeness (QED) is 0.176. The van der Waals surface area contributed by atoms with E-state index in [1.807, 2.05) is 26.8 Å². The molecule has 0 aromatic carbocycles. The van der Waals surface area contributed by atoms with Gasteiger partial charge in [0.05, 0.1) is 43.0 Å². The molecule has 3 aliphatic heterocycles. The molecule has 0 amide bonds. The molecule has 4 N–H and O–H groups in total. The Bertz CT molecular complexity index is 1270. The maximum atomic E-state index is 12.9. The molecule has 0 saturated carbocycles. The summed E-state index contributed by atoms with van der Waals surface area (Å²) in [5, 5.41) is 45.8. The van der Waals surface area contributed by atoms with Crippen molar-refractivity contribution >= 4 is 18.2 Å². The standard InChI is InChI=1S/C40H67NO14/c1-22(2)18-30(45)53-38-26(6)51-32(21-40(38,7)48)54-35-25(5)52-39(34(47)33(35)41(8)9)55-36-27(16-17-42)19-23(3)28(43)15-13-11-12-14-24(4)50-31(46)20-29(44)37(36)49-10/h11-13,15,17,22-29,32-39,43-44,47-48H,14,16,18-21H2,1-10H3/b12-11+,15-13+/t23-,24-,25?,26?,27+,28?,29-,32?,33?,34?,35?,36?,37?,38?,39?,40?/m1/s1. The van der Waals surface area contributed by atoms with E-state index in [2.05, 4.69) is 0 Å². The molecule has 2 saturated heterocycles. The fraction of sp³-hybridized carbons (Fsp3) is 0.825. The zero-order valence-electron chi connectivity index (χ0n) is 34.2. The van der Waals surface area contributed by atoms with Crippen LogP contribution in [-0.4, -0.2) is 150 Å². The topological polar surface area (TPSA) is 200 Å². The van der Waals surface area contributed by atoms with E-state index in [4.69, 9.17) is 33.2 Å². The van der Waals surface area contributed by atoms with Gasteiger partial charge in [0.1, 0.15) is 36.3 Å². The number of rotatable bonds is 11. The van der Waals surface area contributed by atoms with Gasteiger partial charge in [0.25, 0.3) is 0 Å². The Kier molecular flexibility index (Phi) is 18.4. The number of hydrogen-bond donors (Lipinski definition) is 4. The van der Waals surface area contributed by atoms with E-state index in [0.717, 1.165) is 6.29 Å². The Morgan fingerprint density at radius 3 is 2.33 bits per heavy atom. The van der Waals surface area contributed by atoms with Gasteiger partial charge in [-0.2, -0.15) is 0 Å². The molecule has 316 valence electrons. The summed E-state index contributed by atoms with van der Waals surface area (Å²) in [7, 11) is 4.86. The van der Waals surface area contributed by atoms with Crippen LogP contribution in [0.4, 0.5) is 0 Å². The zero-order chi connectivity index (χ0) is 41.2. The fourth-order valence-electron chi connectivity index (χ4n) is 7.78. The van der Waals surface area contributed by atoms with Crippen LogP contribution < -0.4 is 0 Å². The minimum Gasteiger partial charge on any atom is -0.462 e. The average molecular weight is 786 g/mol. The molecule has 0 aromatic rings. The third-order valence-electron chi connectivity index (χ3n) is 10.6. The number of hydrogen-bond acceptors (Lipinski definition) is 15. The van der Waals surface area contributed by atoms with Gasteiger partial charge >= 0.3 is 11.9 Å². The molecule has 0 aromatic heterocycles. The smallest absolute Gasteiger partial charge is 0.308 e. The Labute approximate surface area is 326 Å². The van der Waals surface area contributed by atoms with Gasteiger partial charge in [-0.3, -0.25) is 9.59 Å². The van der Waals surface area contributed by atoms with Gasteiger partial charge < -0.3 is 63.3 Å². The maximum Gasteiger partial charge on any atom is 0.308 e. The van der Waals surface area contributed by atoms with Gasteiger partial charge in [-0.15, -0.1) is 0 Å². The van der Waals surface area contributed by atoms with E-state index in [1.165, 1.54) is 7.11 Å². The highest BCUT2D eigenvalue weighted by Gasteiger charge is 2.52. The average Bonchev–Trinajstić information content (AvgIpc) is 3.06. The number of aliphatic hydroxyl groups is 4. The molecule has 3 heterocycles. The Morgan fingerprint density at radius 1 is 1.04 bits per heavy atom. The van der Waals surface area contributed by atoms with Crippen LogP contribution in [0.15, 0.2) is 24.3 Å². The Morgan fingerprint density at radius 2 is 1.73 bits per heavy atom. The minimum atomic E-state index is -1.49. The van der Waals surface area contributed by atoms with Gasteiger partial charge in [0.15, 0.2) is 18.7 Å². The molecular formula is C40H67NO14. The third-order valence-corrected chi connectivity index (χ3v) is 10.6. The van der Waals surface area contributed by atoms with Gasteiger partial charge in [0.2, 0.25) is 0 Å². The van der Waals surface area contributed by atoms with Crippen molar-refractivity contribution in [1.82, 2.24) is 4.90 Å². The van der Waals surface area contributed by atoms with Crippen molar-refractivity contribution in [3.8, 4) is 0 Å². The van der Waals surface area contributed by atoms with E-state index in [9.17, 15) is 34.8 Å². The molecule has 15 nitrogen and oxygen atoms in total. The van der Waals surface area contributed by atoms with Crippen molar-refractivity contribution in [3.05, 3.63) is 24.3 Å². The monoisotopic (exact) mass is 785 g/mol. The molecule has 15 heteroatoms. The van der Waals surface area contributed by atoms with Crippen molar-refractivity contribution < 1.29 is 68.0 Å². The molecule has 3 rings (SSSR count). The lowest BCUT2D eigenvalue weighted by molar-refractivity contribution is -0.344. The Balaban J connectivity index is 1.90. The number of carbonyl (C=O) groups excluding carboxylic acids is 3. The van der Waals surface area contributed by atoms with Crippen molar-refractivity contribution in [3.63, 3.8) is 0 Å². The van der Waals surface area contributed by atoms with Crippen molar-refractivity contribution in [2.24, 2.45) is 17.8 Å². The normalized spacial score (nSPS) is 42.4. The summed E-state index contributed by atoms with van der Waals surface area (Å²) < 4.78 is 42.4. The number of ether oxygens (including phenoxy) is 7. The zero-order valence-corrected chi connectivity index (χ0v) is 34.2. The largest absolute Gasteiger partial charge is 0.462 e. The lowest BCUT2D eigenvalue weighted by atomic mass is 9.82. The summed E-state index contributed by atoms with van der Waals surface area (Å²) in [5.41, 5.74) is -1.49. The van der Waals surface area contributed by atoms with Gasteiger partial charge in [-0.1, -0.05) is 45.1 Å². The summed E-state index contributed by atoms with van der Waals surface area (Å²) in [4.78, 5) is 39.3. The number of aldehydes is 1. The van der Waals surface area contributed by atoms with E-state index in [0.29, 0.717) is 6.42 Å². The first kappa shape index (κ1) is 47.1. The van der Waals surface area contributed by atoms with Crippen LogP contribution in [0, 0.1) is 17.8 Å². The summed E-state index contributed by atoms with van der Waals surface area (Å²) in [5.74, 6) is -2.03. The summed E-state index contributed by atoms with van der Waals surface area (Å²) >= 11 is 0. The molecule has 16 atom stereocenters. The van der Waals surface area contributed by atoms with Crippen molar-refractivity contribution in [1.29, 1.82) is 0 Å². The molecule has 55 heavy (non-hydrogen) atoms. The highest BCUT2D eigenvalue weighted by Crippen LogP contribution is 2.37. The van der Waals surface area contributed by atoms with E-state index >= 15 is 0 Å². The molecule has 0 bridgehead atoms. The first-order valence-corrected chi connectivity index (χ1v) is 19.5. The molecule has 3 aliphatic rings. The molecule has 0 aliphatic carbocycles. The third kappa shape index (κ3) is 13.4. The van der Waals surface area contributed by atoms with Crippen LogP contribution in [0.2, 0.25) is 0 Å². The number of nitrogens with zero attached hydrogens (tertiary/aromatic N) is 1. The number of esters is 2. The Hall–Kier alpha value is -2.31. The maximum absolute atomic E-state index is 12.9. The van der Waals surface area contributed by atoms with Gasteiger partial charge in [0, 0.05) is 32.8 Å². The minimum absolute atomic E-state index is 0.0318. The van der Waals surface area contributed by atoms with E-state index in [1.54, 1.807) is 64.9 Å². The second kappa shape index (κ2) is 21.4. The number of cyclic esters (lactones) is 1. The first-order chi connectivity index (χ1) is 25.8. The van der Waals surface area contributed by atoms with E-state index < -0.39 is 110 Å². The predicted octanol–water partition coefficient (Wildman–Crippen LogP) is 2.44. The second-order valence-corrected chi connectivity index (χ2v) is 16.4. The molecule has 2 fully saturated rings. The van der Waals surface area contributed by atoms with E-state index in [-0.39, 0.29) is 37.5 Å². The number of aliphatic hydroxyl groups excluding tert-OH is 3. The number of likely N-dealkylation sites (N-methyl/N-ethyl adjacent to an activating group) is 1. The number of methoxy groups -OCH3 is 1. The number of carbonyl (C=O) groups is 3. The van der Waals surface area contributed by atoms with Gasteiger partial charge in [-0.25, -0.2) is 0 Å². The van der Waals surface area contributed by atoms with Gasteiger partial charge in [-0.05, 0) is 66.0 Å². The van der Waals surface area contributed by atoms with Crippen molar-refractivity contribution in [2.75, 3.05) is 21.2 Å². The molecule has 0 spiro atoms. The molecular weight excluding hydrogens is 718 g/mol. The molecule has 12 unspecified atom stereocenters. The summed E-state index contributed by atoms with van der Waals surface area (Å²) in [6.45, 7) is 12.4. The molecule has 0 radical (unpaired) electrons. The number of allylic oxidation sites excluding steroid dienone is 2. The van der Waals surface area contributed by atoms with Crippen LogP contribution in [0.3, 0.4) is 0 Å². The first-order valence-electron chi connectivity index (χ1n) is 19.5. The SMILES string of the molecule is COC1C(OC2OC(C)C(OC3CC(C)(O)C(OC(=O)CC(C)C)C(C)O3)C(N(C)C)C2O)[C@@H](CC=O)C[C@@H](C)C(O)/C=C/C=C/C[C@@H](C)OC(=O)C[C@H]1O. The highest BCUT2D eigenvalue weighted by atomic mass is 16.7. The van der Waals surface area contributed by atoms with Crippen LogP contribution in [-0.2, 0) is 47.5 Å². The summed E-state index contributed by atoms with van der Waals surface area (Å²) in [6, 6.07) is -0.753.